The van der Waals surface area contributed by atoms with Crippen molar-refractivity contribution in [3.05, 3.63) is 83.7 Å². The number of hydrogen-bond donors (Lipinski definition) is 1. The van der Waals surface area contributed by atoms with Crippen molar-refractivity contribution in [2.24, 2.45) is 0 Å². The lowest BCUT2D eigenvalue weighted by Gasteiger charge is -2.14. The predicted molar refractivity (Wildman–Crippen MR) is 78.8 cm³/mol. The third-order valence-corrected chi connectivity index (χ3v) is 3.31. The van der Waals surface area contributed by atoms with Crippen LogP contribution in [0.4, 0.5) is 0 Å². The first kappa shape index (κ1) is 12.6. The fraction of sp³-hybridized carbons (Fsp3) is 0.118. The summed E-state index contributed by atoms with van der Waals surface area (Å²) in [5.41, 5.74) is 3.72. The molecule has 0 amide bonds. The molecule has 3 rings (SSSR count). The van der Waals surface area contributed by atoms with Crippen LogP contribution in [0.2, 0.25) is 0 Å². The van der Waals surface area contributed by atoms with Gasteiger partial charge < -0.3 is 5.11 Å². The third kappa shape index (κ3) is 2.36. The van der Waals surface area contributed by atoms with E-state index in [9.17, 15) is 5.11 Å². The highest BCUT2D eigenvalue weighted by Crippen LogP contribution is 2.24. The number of aryl methyl sites for hydroxylation is 1. The zero-order chi connectivity index (χ0) is 13.9. The minimum Gasteiger partial charge on any atom is -0.382 e. The first-order valence-electron chi connectivity index (χ1n) is 6.60. The molecule has 2 aromatic carbocycles. The summed E-state index contributed by atoms with van der Waals surface area (Å²) < 4.78 is 1.77. The van der Waals surface area contributed by atoms with Crippen molar-refractivity contribution < 1.29 is 5.11 Å². The van der Waals surface area contributed by atoms with Gasteiger partial charge in [0.25, 0.3) is 0 Å². The van der Waals surface area contributed by atoms with Crippen LogP contribution >= 0.6 is 0 Å². The number of rotatable bonds is 3. The number of aliphatic hydroxyl groups excluding tert-OH is 1. The highest BCUT2D eigenvalue weighted by atomic mass is 16.3. The van der Waals surface area contributed by atoms with Gasteiger partial charge in [-0.3, -0.25) is 0 Å². The number of aliphatic hydroxyl groups is 1. The van der Waals surface area contributed by atoms with E-state index in [2.05, 4.69) is 5.10 Å². The maximum Gasteiger partial charge on any atom is 0.121 e. The Morgan fingerprint density at radius 3 is 2.55 bits per heavy atom. The van der Waals surface area contributed by atoms with Gasteiger partial charge in [0.15, 0.2) is 0 Å². The highest BCUT2D eigenvalue weighted by Gasteiger charge is 2.16. The molecule has 0 fully saturated rings. The molecule has 0 saturated heterocycles. The van der Waals surface area contributed by atoms with E-state index < -0.39 is 6.10 Å². The molecule has 1 atom stereocenters. The van der Waals surface area contributed by atoms with Crippen molar-refractivity contribution >= 4 is 0 Å². The largest absolute Gasteiger partial charge is 0.382 e. The smallest absolute Gasteiger partial charge is 0.121 e. The minimum absolute atomic E-state index is 0.683. The zero-order valence-corrected chi connectivity index (χ0v) is 11.3. The monoisotopic (exact) mass is 264 g/mol. The van der Waals surface area contributed by atoms with Crippen LogP contribution in [0.25, 0.3) is 5.69 Å². The van der Waals surface area contributed by atoms with Crippen molar-refractivity contribution in [1.82, 2.24) is 9.78 Å². The molecule has 3 nitrogen and oxygen atoms in total. The Balaban J connectivity index is 2.02. The lowest BCUT2D eigenvalue weighted by molar-refractivity contribution is 0.212. The standard InChI is InChI=1S/C17H16N2O/c1-13-6-5-7-14(12-13)17(20)16-10-11-18-19(16)15-8-3-2-4-9-15/h2-12,17,20H,1H3. The van der Waals surface area contributed by atoms with Gasteiger partial charge in [-0.2, -0.15) is 5.10 Å². The maximum absolute atomic E-state index is 10.6. The molecule has 3 heteroatoms. The van der Waals surface area contributed by atoms with Gasteiger partial charge in [-0.15, -0.1) is 0 Å². The number of aromatic nitrogens is 2. The predicted octanol–water partition coefficient (Wildman–Crippen LogP) is 3.26. The van der Waals surface area contributed by atoms with Gasteiger partial charge in [-0.25, -0.2) is 4.68 Å². The normalized spacial score (nSPS) is 12.3. The Morgan fingerprint density at radius 2 is 1.80 bits per heavy atom. The van der Waals surface area contributed by atoms with Gasteiger partial charge in [0, 0.05) is 6.20 Å². The van der Waals surface area contributed by atoms with Crippen molar-refractivity contribution in [2.45, 2.75) is 13.0 Å². The molecule has 0 aliphatic carbocycles. The van der Waals surface area contributed by atoms with Gasteiger partial charge in [-0.05, 0) is 30.7 Å². The fourth-order valence-electron chi connectivity index (χ4n) is 2.32. The van der Waals surface area contributed by atoms with Crippen LogP contribution < -0.4 is 0 Å². The molecule has 0 aliphatic heterocycles. The van der Waals surface area contributed by atoms with Gasteiger partial charge in [0.2, 0.25) is 0 Å². The number of benzene rings is 2. The van der Waals surface area contributed by atoms with E-state index in [1.54, 1.807) is 10.9 Å². The van der Waals surface area contributed by atoms with Crippen LogP contribution in [0.1, 0.15) is 22.9 Å². The van der Waals surface area contributed by atoms with Gasteiger partial charge in [0.05, 0.1) is 11.4 Å². The lowest BCUT2D eigenvalue weighted by Crippen LogP contribution is -2.08. The fourth-order valence-corrected chi connectivity index (χ4v) is 2.32. The maximum atomic E-state index is 10.6. The molecule has 3 aromatic rings. The van der Waals surface area contributed by atoms with E-state index in [4.69, 9.17) is 0 Å². The highest BCUT2D eigenvalue weighted by molar-refractivity contribution is 5.36. The summed E-state index contributed by atoms with van der Waals surface area (Å²) in [6, 6.07) is 19.6. The van der Waals surface area contributed by atoms with E-state index in [0.29, 0.717) is 0 Å². The van der Waals surface area contributed by atoms with Crippen LogP contribution in [0.3, 0.4) is 0 Å². The molecule has 1 N–H and O–H groups in total. The van der Waals surface area contributed by atoms with E-state index in [1.807, 2.05) is 67.6 Å². The average Bonchev–Trinajstić information content (AvgIpc) is 2.97. The molecular formula is C17H16N2O. The molecule has 1 aromatic heterocycles. The summed E-state index contributed by atoms with van der Waals surface area (Å²) in [6.45, 7) is 2.02. The second-order valence-electron chi connectivity index (χ2n) is 4.82. The van der Waals surface area contributed by atoms with Gasteiger partial charge >= 0.3 is 0 Å². The summed E-state index contributed by atoms with van der Waals surface area (Å²) >= 11 is 0. The van der Waals surface area contributed by atoms with Gasteiger partial charge in [-0.1, -0.05) is 48.0 Å². The molecule has 1 heterocycles. The Kier molecular flexibility index (Phi) is 3.35. The second-order valence-corrected chi connectivity index (χ2v) is 4.82. The Hall–Kier alpha value is -2.39. The first-order valence-corrected chi connectivity index (χ1v) is 6.60. The second kappa shape index (κ2) is 5.31. The van der Waals surface area contributed by atoms with Crippen molar-refractivity contribution in [3.63, 3.8) is 0 Å². The molecule has 0 spiro atoms. The quantitative estimate of drug-likeness (QED) is 0.788. The molecule has 0 radical (unpaired) electrons. The average molecular weight is 264 g/mol. The van der Waals surface area contributed by atoms with E-state index in [1.165, 1.54) is 0 Å². The number of hydrogen-bond acceptors (Lipinski definition) is 2. The SMILES string of the molecule is Cc1cccc(C(O)c2ccnn2-c2ccccc2)c1. The Morgan fingerprint density at radius 1 is 1.00 bits per heavy atom. The molecule has 0 aliphatic rings. The van der Waals surface area contributed by atoms with Crippen LogP contribution in [-0.4, -0.2) is 14.9 Å². The molecule has 20 heavy (non-hydrogen) atoms. The zero-order valence-electron chi connectivity index (χ0n) is 11.3. The summed E-state index contributed by atoms with van der Waals surface area (Å²) in [7, 11) is 0. The topological polar surface area (TPSA) is 38.1 Å². The summed E-state index contributed by atoms with van der Waals surface area (Å²) in [4.78, 5) is 0. The summed E-state index contributed by atoms with van der Waals surface area (Å²) in [6.07, 6.45) is 1.03. The van der Waals surface area contributed by atoms with Gasteiger partial charge in [0.1, 0.15) is 6.10 Å². The third-order valence-electron chi connectivity index (χ3n) is 3.31. The molecule has 100 valence electrons. The molecular weight excluding hydrogens is 248 g/mol. The minimum atomic E-state index is -0.683. The lowest BCUT2D eigenvalue weighted by atomic mass is 10.0. The van der Waals surface area contributed by atoms with Crippen LogP contribution in [0.5, 0.6) is 0 Å². The first-order chi connectivity index (χ1) is 9.75. The number of para-hydroxylation sites is 1. The van der Waals surface area contributed by atoms with Crippen LogP contribution in [0, 0.1) is 6.92 Å². The van der Waals surface area contributed by atoms with Crippen molar-refractivity contribution in [3.8, 4) is 5.69 Å². The van der Waals surface area contributed by atoms with E-state index >= 15 is 0 Å². The van der Waals surface area contributed by atoms with Crippen LogP contribution in [-0.2, 0) is 0 Å². The van der Waals surface area contributed by atoms with Crippen LogP contribution in [0.15, 0.2) is 66.9 Å². The molecule has 0 bridgehead atoms. The van der Waals surface area contributed by atoms with E-state index in [-0.39, 0.29) is 0 Å². The summed E-state index contributed by atoms with van der Waals surface area (Å²) in [5, 5.41) is 14.9. The Labute approximate surface area is 118 Å². The van der Waals surface area contributed by atoms with Crippen molar-refractivity contribution in [2.75, 3.05) is 0 Å². The summed E-state index contributed by atoms with van der Waals surface area (Å²) in [5.74, 6) is 0. The van der Waals surface area contributed by atoms with Crippen molar-refractivity contribution in [1.29, 1.82) is 0 Å². The Bertz CT molecular complexity index is 704. The molecule has 0 saturated carbocycles. The number of nitrogens with zero attached hydrogens (tertiary/aromatic N) is 2. The van der Waals surface area contributed by atoms with E-state index in [0.717, 1.165) is 22.5 Å². The molecule has 1 unspecified atom stereocenters.